The van der Waals surface area contributed by atoms with Crippen molar-refractivity contribution >= 4 is 28.8 Å². The van der Waals surface area contributed by atoms with E-state index in [2.05, 4.69) is 5.10 Å². The molecule has 4 aromatic rings. The zero-order chi connectivity index (χ0) is 32.0. The molecule has 0 unspecified atom stereocenters. The fourth-order valence-corrected chi connectivity index (χ4v) is 4.66. The molecule has 12 heteroatoms. The quantitative estimate of drug-likeness (QED) is 0.0871. The molecule has 0 spiro atoms. The highest BCUT2D eigenvalue weighted by Gasteiger charge is 2.24. The Morgan fingerprint density at radius 2 is 1.84 bits per heavy atom. The second kappa shape index (κ2) is 13.8. The number of rotatable bonds is 12. The summed E-state index contributed by atoms with van der Waals surface area (Å²) in [5.41, 5.74) is 2.31. The number of nitro groups is 1. The fraction of sp³-hybridized carbons (Fsp3) is 0.312. The Morgan fingerprint density at radius 3 is 2.50 bits per heavy atom. The summed E-state index contributed by atoms with van der Waals surface area (Å²) in [6.45, 7) is 9.09. The summed E-state index contributed by atoms with van der Waals surface area (Å²) in [5.74, 6) is 0.267. The third-order valence-electron chi connectivity index (χ3n) is 6.71. The van der Waals surface area contributed by atoms with Gasteiger partial charge in [-0.25, -0.2) is 9.78 Å². The van der Waals surface area contributed by atoms with Crippen molar-refractivity contribution in [2.45, 2.75) is 40.5 Å². The number of para-hydroxylation sites is 1. The van der Waals surface area contributed by atoms with E-state index in [9.17, 15) is 19.7 Å². The highest BCUT2D eigenvalue weighted by molar-refractivity contribution is 5.85. The average molecular weight is 603 g/mol. The van der Waals surface area contributed by atoms with Crippen molar-refractivity contribution in [1.29, 1.82) is 0 Å². The number of carbonyl (C=O) groups excluding carboxylic acids is 1. The molecule has 0 atom stereocenters. The summed E-state index contributed by atoms with van der Waals surface area (Å²) in [4.78, 5) is 41.8. The van der Waals surface area contributed by atoms with Crippen LogP contribution in [0.1, 0.15) is 50.3 Å². The van der Waals surface area contributed by atoms with E-state index < -0.39 is 28.7 Å². The Balaban J connectivity index is 1.90. The number of carbonyl (C=O) groups is 1. The molecule has 1 aromatic heterocycles. The molecule has 0 amide bonds. The number of methoxy groups -OCH3 is 1. The normalized spacial score (nSPS) is 11.2. The molecule has 1 heterocycles. The van der Waals surface area contributed by atoms with Gasteiger partial charge in [-0.2, -0.15) is 9.78 Å². The first-order valence-corrected chi connectivity index (χ1v) is 14.1. The van der Waals surface area contributed by atoms with Gasteiger partial charge in [0.1, 0.15) is 5.75 Å². The van der Waals surface area contributed by atoms with Crippen molar-refractivity contribution in [1.82, 2.24) is 9.66 Å². The molecule has 0 aliphatic heterocycles. The summed E-state index contributed by atoms with van der Waals surface area (Å²) in [7, 11) is 1.61. The minimum absolute atomic E-state index is 0.0317. The maximum absolute atomic E-state index is 13.8. The van der Waals surface area contributed by atoms with Gasteiger partial charge in [-0.1, -0.05) is 26.0 Å². The van der Waals surface area contributed by atoms with E-state index in [1.165, 1.54) is 23.0 Å². The molecule has 12 nitrogen and oxygen atoms in total. The lowest BCUT2D eigenvalue weighted by atomic mass is 9.96. The highest BCUT2D eigenvalue weighted by atomic mass is 16.6. The van der Waals surface area contributed by atoms with Crippen LogP contribution < -0.4 is 19.8 Å². The first-order chi connectivity index (χ1) is 21.1. The molecule has 0 saturated carbocycles. The van der Waals surface area contributed by atoms with Gasteiger partial charge in [0.25, 0.3) is 5.56 Å². The van der Waals surface area contributed by atoms with E-state index in [0.717, 1.165) is 16.9 Å². The molecule has 0 aliphatic carbocycles. The predicted molar refractivity (Wildman–Crippen MR) is 166 cm³/mol. The fourth-order valence-electron chi connectivity index (χ4n) is 4.66. The average Bonchev–Trinajstić information content (AvgIpc) is 2.99. The maximum Gasteiger partial charge on any atom is 0.344 e. The summed E-state index contributed by atoms with van der Waals surface area (Å²) in [6, 6.07) is 13.5. The van der Waals surface area contributed by atoms with Gasteiger partial charge in [-0.05, 0) is 68.1 Å². The van der Waals surface area contributed by atoms with Crippen LogP contribution >= 0.6 is 0 Å². The molecule has 4 rings (SSSR count). The van der Waals surface area contributed by atoms with Gasteiger partial charge in [-0.3, -0.25) is 14.9 Å². The first-order valence-electron chi connectivity index (χ1n) is 14.1. The van der Waals surface area contributed by atoms with Crippen LogP contribution in [0.15, 0.2) is 58.4 Å². The van der Waals surface area contributed by atoms with Gasteiger partial charge in [0.05, 0.1) is 42.4 Å². The third-order valence-corrected chi connectivity index (χ3v) is 6.71. The van der Waals surface area contributed by atoms with E-state index >= 15 is 0 Å². The van der Waals surface area contributed by atoms with Crippen molar-refractivity contribution in [3.8, 4) is 28.6 Å². The third kappa shape index (κ3) is 6.69. The van der Waals surface area contributed by atoms with Gasteiger partial charge in [-0.15, -0.1) is 0 Å². The van der Waals surface area contributed by atoms with E-state index in [1.54, 1.807) is 45.2 Å². The lowest BCUT2D eigenvalue weighted by molar-refractivity contribution is -0.385. The predicted octanol–water partition coefficient (Wildman–Crippen LogP) is 5.63. The van der Waals surface area contributed by atoms with Gasteiger partial charge in [0.2, 0.25) is 5.75 Å². The zero-order valence-electron chi connectivity index (χ0n) is 25.4. The van der Waals surface area contributed by atoms with Crippen molar-refractivity contribution in [2.75, 3.05) is 26.9 Å². The standard InChI is InChI=1S/C32H34N4O8/c1-7-42-28-15-21(14-26(36(39)40)30(28)44-18-29(37)43-8-2)17-33-35-31(34-25-12-10-9-11-22(25)32(35)38)24-16-23(19(3)4)27(41-6)13-20(24)5/h9-17,19H,7-8,18H2,1-6H3. The molecule has 3 aromatic carbocycles. The molecule has 0 radical (unpaired) electrons. The lowest BCUT2D eigenvalue weighted by Gasteiger charge is -2.17. The van der Waals surface area contributed by atoms with Crippen LogP contribution in [-0.4, -0.2) is 53.7 Å². The van der Waals surface area contributed by atoms with E-state index in [-0.39, 0.29) is 36.2 Å². The topological polar surface area (TPSA) is 144 Å². The van der Waals surface area contributed by atoms with Crippen LogP contribution in [0.4, 0.5) is 5.69 Å². The molecular weight excluding hydrogens is 568 g/mol. The summed E-state index contributed by atoms with van der Waals surface area (Å²) < 4.78 is 22.7. The Bertz CT molecular complexity index is 1800. The number of aromatic nitrogens is 2. The number of hydrogen-bond donors (Lipinski definition) is 0. The number of ether oxygens (including phenoxy) is 4. The number of nitrogens with zero attached hydrogens (tertiary/aromatic N) is 4. The second-order valence-corrected chi connectivity index (χ2v) is 10.0. The summed E-state index contributed by atoms with van der Waals surface area (Å²) in [5, 5.41) is 16.9. The first kappa shape index (κ1) is 31.7. The molecule has 230 valence electrons. The Morgan fingerprint density at radius 1 is 1.09 bits per heavy atom. The van der Waals surface area contributed by atoms with E-state index in [0.29, 0.717) is 22.3 Å². The van der Waals surface area contributed by atoms with Gasteiger partial charge in [0.15, 0.2) is 18.2 Å². The van der Waals surface area contributed by atoms with Crippen LogP contribution in [0.3, 0.4) is 0 Å². The summed E-state index contributed by atoms with van der Waals surface area (Å²) >= 11 is 0. The van der Waals surface area contributed by atoms with E-state index in [4.69, 9.17) is 23.9 Å². The second-order valence-electron chi connectivity index (χ2n) is 10.0. The smallest absolute Gasteiger partial charge is 0.344 e. The Hall–Kier alpha value is -5.26. The van der Waals surface area contributed by atoms with Crippen LogP contribution in [0.5, 0.6) is 17.2 Å². The minimum Gasteiger partial charge on any atom is -0.496 e. The number of fused-ring (bicyclic) bond motifs is 1. The number of aryl methyl sites for hydroxylation is 1. The SMILES string of the molecule is CCOC(=O)COc1c(OCC)cc(C=Nn2c(-c3cc(C(C)C)c(OC)cc3C)nc3ccccc3c2=O)cc1[N+](=O)[O-]. The number of nitro benzene ring substituents is 1. The van der Waals surface area contributed by atoms with Crippen molar-refractivity contribution in [2.24, 2.45) is 5.10 Å². The number of esters is 1. The lowest BCUT2D eigenvalue weighted by Crippen LogP contribution is -2.21. The van der Waals surface area contributed by atoms with Crippen LogP contribution in [0.25, 0.3) is 22.3 Å². The molecular formula is C32H34N4O8. The van der Waals surface area contributed by atoms with E-state index in [1.807, 2.05) is 32.9 Å². The largest absolute Gasteiger partial charge is 0.496 e. The Labute approximate surface area is 254 Å². The molecule has 0 N–H and O–H groups in total. The molecule has 44 heavy (non-hydrogen) atoms. The Kier molecular flexibility index (Phi) is 9.94. The maximum atomic E-state index is 13.8. The minimum atomic E-state index is -0.681. The zero-order valence-corrected chi connectivity index (χ0v) is 25.4. The highest BCUT2D eigenvalue weighted by Crippen LogP contribution is 2.38. The van der Waals surface area contributed by atoms with Gasteiger partial charge < -0.3 is 18.9 Å². The molecule has 0 bridgehead atoms. The van der Waals surface area contributed by atoms with Gasteiger partial charge in [0, 0.05) is 17.2 Å². The van der Waals surface area contributed by atoms with Crippen molar-refractivity contribution in [3.05, 3.63) is 85.7 Å². The van der Waals surface area contributed by atoms with Crippen LogP contribution in [0.2, 0.25) is 0 Å². The van der Waals surface area contributed by atoms with Crippen LogP contribution in [-0.2, 0) is 9.53 Å². The summed E-state index contributed by atoms with van der Waals surface area (Å²) in [6.07, 6.45) is 1.31. The van der Waals surface area contributed by atoms with Crippen LogP contribution in [0, 0.1) is 17.0 Å². The molecule has 0 fully saturated rings. The molecule has 0 aliphatic rings. The number of hydrogen-bond acceptors (Lipinski definition) is 10. The number of benzene rings is 3. The molecule has 0 saturated heterocycles. The van der Waals surface area contributed by atoms with Crippen molar-refractivity contribution < 1.29 is 28.7 Å². The van der Waals surface area contributed by atoms with Crippen molar-refractivity contribution in [3.63, 3.8) is 0 Å². The van der Waals surface area contributed by atoms with Gasteiger partial charge >= 0.3 is 11.7 Å². The monoisotopic (exact) mass is 602 g/mol.